The van der Waals surface area contributed by atoms with E-state index in [0.717, 1.165) is 37.6 Å². The van der Waals surface area contributed by atoms with E-state index < -0.39 is 0 Å². The summed E-state index contributed by atoms with van der Waals surface area (Å²) >= 11 is 0. The fourth-order valence-electron chi connectivity index (χ4n) is 1.99. The largest absolute Gasteiger partial charge is 0.356 e. The van der Waals surface area contributed by atoms with E-state index in [4.69, 9.17) is 5.73 Å². The zero-order valence-electron chi connectivity index (χ0n) is 9.19. The zero-order valence-corrected chi connectivity index (χ0v) is 9.19. The summed E-state index contributed by atoms with van der Waals surface area (Å²) in [6, 6.07) is 2.08. The van der Waals surface area contributed by atoms with Gasteiger partial charge in [-0.2, -0.15) is 0 Å². The Kier molecular flexibility index (Phi) is 3.16. The van der Waals surface area contributed by atoms with E-state index in [0.29, 0.717) is 5.92 Å². The Labute approximate surface area is 90.5 Å². The standard InChI is InChI=1S/C11H18N4/c1-2-10-5-11(14-8-13-10)15-4-3-9(6-12)7-15/h5,8-9H,2-4,6-7,12H2,1H3. The summed E-state index contributed by atoms with van der Waals surface area (Å²) in [6.45, 7) is 5.00. The van der Waals surface area contributed by atoms with E-state index in [2.05, 4.69) is 27.9 Å². The van der Waals surface area contributed by atoms with Crippen LogP contribution in [0.2, 0.25) is 0 Å². The minimum atomic E-state index is 0.630. The molecule has 1 aromatic rings. The molecule has 0 amide bonds. The number of rotatable bonds is 3. The topological polar surface area (TPSA) is 55.0 Å². The molecule has 0 aromatic carbocycles. The molecule has 0 spiro atoms. The second-order valence-electron chi connectivity index (χ2n) is 4.06. The highest BCUT2D eigenvalue weighted by molar-refractivity contribution is 5.40. The summed E-state index contributed by atoms with van der Waals surface area (Å²) in [4.78, 5) is 10.8. The maximum Gasteiger partial charge on any atom is 0.132 e. The van der Waals surface area contributed by atoms with Crippen LogP contribution in [0.15, 0.2) is 12.4 Å². The van der Waals surface area contributed by atoms with Crippen molar-refractivity contribution in [1.29, 1.82) is 0 Å². The average Bonchev–Trinajstić information content (AvgIpc) is 2.78. The Morgan fingerprint density at radius 1 is 1.53 bits per heavy atom. The molecular weight excluding hydrogens is 188 g/mol. The molecule has 0 bridgehead atoms. The first kappa shape index (κ1) is 10.4. The van der Waals surface area contributed by atoms with E-state index in [-0.39, 0.29) is 0 Å². The fraction of sp³-hybridized carbons (Fsp3) is 0.636. The number of aromatic nitrogens is 2. The highest BCUT2D eigenvalue weighted by Gasteiger charge is 2.22. The lowest BCUT2D eigenvalue weighted by molar-refractivity contribution is 0.602. The molecule has 1 atom stereocenters. The highest BCUT2D eigenvalue weighted by atomic mass is 15.2. The van der Waals surface area contributed by atoms with Crippen LogP contribution in [0.5, 0.6) is 0 Å². The van der Waals surface area contributed by atoms with Gasteiger partial charge in [0.05, 0.1) is 0 Å². The molecule has 2 heterocycles. The number of nitrogens with zero attached hydrogens (tertiary/aromatic N) is 3. The molecule has 0 aliphatic carbocycles. The predicted octanol–water partition coefficient (Wildman–Crippen LogP) is 0.824. The van der Waals surface area contributed by atoms with Crippen molar-refractivity contribution in [3.05, 3.63) is 18.1 Å². The molecule has 2 rings (SSSR count). The van der Waals surface area contributed by atoms with Crippen molar-refractivity contribution < 1.29 is 0 Å². The maximum absolute atomic E-state index is 5.67. The number of hydrogen-bond donors (Lipinski definition) is 1. The van der Waals surface area contributed by atoms with Gasteiger partial charge in [-0.05, 0) is 25.3 Å². The molecule has 4 nitrogen and oxygen atoms in total. The minimum absolute atomic E-state index is 0.630. The Morgan fingerprint density at radius 3 is 3.07 bits per heavy atom. The Hall–Kier alpha value is -1.16. The summed E-state index contributed by atoms with van der Waals surface area (Å²) in [5.41, 5.74) is 6.78. The molecule has 1 aromatic heterocycles. The molecule has 1 aliphatic heterocycles. The van der Waals surface area contributed by atoms with Gasteiger partial charge in [-0.15, -0.1) is 0 Å². The monoisotopic (exact) mass is 206 g/mol. The molecule has 1 unspecified atom stereocenters. The van der Waals surface area contributed by atoms with Crippen LogP contribution in [0.3, 0.4) is 0 Å². The van der Waals surface area contributed by atoms with Crippen molar-refractivity contribution in [3.63, 3.8) is 0 Å². The molecule has 2 N–H and O–H groups in total. The van der Waals surface area contributed by atoms with Gasteiger partial charge in [0.1, 0.15) is 12.1 Å². The third-order valence-corrected chi connectivity index (χ3v) is 3.01. The van der Waals surface area contributed by atoms with Crippen LogP contribution in [0.25, 0.3) is 0 Å². The molecule has 0 radical (unpaired) electrons. The van der Waals surface area contributed by atoms with E-state index >= 15 is 0 Å². The molecule has 4 heteroatoms. The lowest BCUT2D eigenvalue weighted by Crippen LogP contribution is -2.23. The summed E-state index contributed by atoms with van der Waals surface area (Å²) in [7, 11) is 0. The van der Waals surface area contributed by atoms with Crippen LogP contribution in [-0.2, 0) is 6.42 Å². The van der Waals surface area contributed by atoms with Gasteiger partial charge in [0.15, 0.2) is 0 Å². The van der Waals surface area contributed by atoms with E-state index in [1.165, 1.54) is 6.42 Å². The van der Waals surface area contributed by atoms with Gasteiger partial charge in [-0.25, -0.2) is 9.97 Å². The Bertz CT molecular complexity index is 326. The van der Waals surface area contributed by atoms with Gasteiger partial charge in [0.25, 0.3) is 0 Å². The minimum Gasteiger partial charge on any atom is -0.356 e. The summed E-state index contributed by atoms with van der Waals surface area (Å²) in [5.74, 6) is 1.68. The summed E-state index contributed by atoms with van der Waals surface area (Å²) in [5, 5.41) is 0. The second-order valence-corrected chi connectivity index (χ2v) is 4.06. The highest BCUT2D eigenvalue weighted by Crippen LogP contribution is 2.21. The van der Waals surface area contributed by atoms with Crippen LogP contribution in [0.4, 0.5) is 5.82 Å². The molecule has 15 heavy (non-hydrogen) atoms. The van der Waals surface area contributed by atoms with Crippen LogP contribution >= 0.6 is 0 Å². The first-order valence-electron chi connectivity index (χ1n) is 5.59. The van der Waals surface area contributed by atoms with Gasteiger partial charge < -0.3 is 10.6 Å². The van der Waals surface area contributed by atoms with Crippen LogP contribution in [0.1, 0.15) is 19.0 Å². The van der Waals surface area contributed by atoms with Crippen molar-refractivity contribution in [2.45, 2.75) is 19.8 Å². The van der Waals surface area contributed by atoms with Crippen molar-refractivity contribution in [2.75, 3.05) is 24.5 Å². The molecule has 1 saturated heterocycles. The third-order valence-electron chi connectivity index (χ3n) is 3.01. The first-order valence-corrected chi connectivity index (χ1v) is 5.59. The number of anilines is 1. The maximum atomic E-state index is 5.67. The molecule has 0 saturated carbocycles. The van der Waals surface area contributed by atoms with E-state index in [9.17, 15) is 0 Å². The van der Waals surface area contributed by atoms with Crippen molar-refractivity contribution in [1.82, 2.24) is 9.97 Å². The zero-order chi connectivity index (χ0) is 10.7. The van der Waals surface area contributed by atoms with Crippen molar-refractivity contribution >= 4 is 5.82 Å². The van der Waals surface area contributed by atoms with Gasteiger partial charge >= 0.3 is 0 Å². The first-order chi connectivity index (χ1) is 7.33. The quantitative estimate of drug-likeness (QED) is 0.795. The molecule has 82 valence electrons. The van der Waals surface area contributed by atoms with Crippen LogP contribution in [-0.4, -0.2) is 29.6 Å². The Balaban J connectivity index is 2.09. The number of nitrogens with two attached hydrogens (primary N) is 1. The van der Waals surface area contributed by atoms with Gasteiger partial charge in [0, 0.05) is 24.8 Å². The van der Waals surface area contributed by atoms with Gasteiger partial charge in [-0.3, -0.25) is 0 Å². The van der Waals surface area contributed by atoms with E-state index in [1.807, 2.05) is 0 Å². The molecular formula is C11H18N4. The van der Waals surface area contributed by atoms with Crippen molar-refractivity contribution in [3.8, 4) is 0 Å². The second kappa shape index (κ2) is 4.57. The van der Waals surface area contributed by atoms with Gasteiger partial charge in [0.2, 0.25) is 0 Å². The SMILES string of the molecule is CCc1cc(N2CCC(CN)C2)ncn1. The normalized spacial score (nSPS) is 20.9. The fourth-order valence-corrected chi connectivity index (χ4v) is 1.99. The number of hydrogen-bond acceptors (Lipinski definition) is 4. The smallest absolute Gasteiger partial charge is 0.132 e. The summed E-state index contributed by atoms with van der Waals surface area (Å²) < 4.78 is 0. The Morgan fingerprint density at radius 2 is 2.40 bits per heavy atom. The lowest BCUT2D eigenvalue weighted by Gasteiger charge is -2.17. The average molecular weight is 206 g/mol. The number of aryl methyl sites for hydroxylation is 1. The summed E-state index contributed by atoms with van der Waals surface area (Å²) in [6.07, 6.45) is 3.80. The molecule has 1 aliphatic rings. The predicted molar refractivity (Wildman–Crippen MR) is 60.8 cm³/mol. The lowest BCUT2D eigenvalue weighted by atomic mass is 10.1. The third kappa shape index (κ3) is 2.26. The molecule has 1 fully saturated rings. The van der Waals surface area contributed by atoms with E-state index in [1.54, 1.807) is 6.33 Å². The van der Waals surface area contributed by atoms with Crippen LogP contribution < -0.4 is 10.6 Å². The van der Waals surface area contributed by atoms with Crippen LogP contribution in [0, 0.1) is 5.92 Å². The van der Waals surface area contributed by atoms with Crippen molar-refractivity contribution in [2.24, 2.45) is 11.7 Å². The van der Waals surface area contributed by atoms with Gasteiger partial charge in [-0.1, -0.05) is 6.92 Å².